The fraction of sp³-hybridized carbons (Fsp3) is 0.444. The number of nitrogens with one attached hydrogen (secondary N) is 1. The van der Waals surface area contributed by atoms with Crippen LogP contribution in [0, 0.1) is 6.92 Å². The summed E-state index contributed by atoms with van der Waals surface area (Å²) in [5.41, 5.74) is 1.02. The van der Waals surface area contributed by atoms with E-state index in [0.29, 0.717) is 30.2 Å². The van der Waals surface area contributed by atoms with Crippen molar-refractivity contribution >= 4 is 17.6 Å². The summed E-state index contributed by atoms with van der Waals surface area (Å²) in [4.78, 5) is 27.6. The van der Waals surface area contributed by atoms with Crippen LogP contribution in [0.5, 0.6) is 0 Å². The number of hydrogen-bond donors (Lipinski definition) is 2. The molecule has 0 saturated heterocycles. The number of rotatable bonds is 6. The molecule has 7 nitrogen and oxygen atoms in total. The average molecular weight is 345 g/mol. The van der Waals surface area contributed by atoms with Crippen LogP contribution in [0.1, 0.15) is 61.2 Å². The molecule has 0 bridgehead atoms. The van der Waals surface area contributed by atoms with Gasteiger partial charge in [-0.05, 0) is 25.5 Å². The number of aromatic nitrogens is 2. The lowest BCUT2D eigenvalue weighted by atomic mass is 9.96. The topological polar surface area (TPSA) is 105 Å². The van der Waals surface area contributed by atoms with Crippen molar-refractivity contribution in [2.75, 3.05) is 5.32 Å². The molecule has 0 fully saturated rings. The Morgan fingerprint density at radius 2 is 2.00 bits per heavy atom. The van der Waals surface area contributed by atoms with Gasteiger partial charge >= 0.3 is 5.97 Å². The lowest BCUT2D eigenvalue weighted by molar-refractivity contribution is -0.116. The van der Waals surface area contributed by atoms with E-state index in [2.05, 4.69) is 15.5 Å². The molecular formula is C18H23N3O4. The molecule has 0 atom stereocenters. The molecule has 25 heavy (non-hydrogen) atoms. The molecule has 7 heteroatoms. The maximum Gasteiger partial charge on any atom is 0.337 e. The lowest BCUT2D eigenvalue weighted by Gasteiger charge is -2.10. The van der Waals surface area contributed by atoms with E-state index in [4.69, 9.17) is 4.52 Å². The van der Waals surface area contributed by atoms with E-state index < -0.39 is 5.97 Å². The van der Waals surface area contributed by atoms with Gasteiger partial charge in [-0.15, -0.1) is 0 Å². The van der Waals surface area contributed by atoms with Crippen molar-refractivity contribution < 1.29 is 19.2 Å². The zero-order valence-electron chi connectivity index (χ0n) is 14.9. The Bertz CT molecular complexity index is 775. The lowest BCUT2D eigenvalue weighted by Crippen LogP contribution is -2.15. The molecule has 0 aliphatic rings. The first-order valence-electron chi connectivity index (χ1n) is 8.13. The highest BCUT2D eigenvalue weighted by Crippen LogP contribution is 2.20. The summed E-state index contributed by atoms with van der Waals surface area (Å²) in [7, 11) is 0. The van der Waals surface area contributed by atoms with Crippen LogP contribution in [0.15, 0.2) is 22.7 Å². The fourth-order valence-electron chi connectivity index (χ4n) is 2.22. The number of anilines is 1. The highest BCUT2D eigenvalue weighted by atomic mass is 16.5. The monoisotopic (exact) mass is 345 g/mol. The molecule has 1 heterocycles. The quantitative estimate of drug-likeness (QED) is 0.832. The molecule has 2 N–H and O–H groups in total. The molecule has 0 saturated carbocycles. The second-order valence-electron chi connectivity index (χ2n) is 7.02. The number of benzene rings is 1. The number of nitrogens with zero attached hydrogens (tertiary/aromatic N) is 2. The highest BCUT2D eigenvalue weighted by Gasteiger charge is 2.21. The molecule has 1 amide bonds. The number of aromatic carboxylic acids is 1. The van der Waals surface area contributed by atoms with Crippen molar-refractivity contribution in [3.63, 3.8) is 0 Å². The molecule has 134 valence electrons. The summed E-state index contributed by atoms with van der Waals surface area (Å²) in [6.07, 6.45) is 1.27. The van der Waals surface area contributed by atoms with E-state index >= 15 is 0 Å². The molecule has 0 aliphatic carbocycles. The maximum atomic E-state index is 12.1. The SMILES string of the molecule is Cc1ccc(NC(=O)CCCc2nc(C(C)(C)C)no2)c(C(=O)O)c1. The normalized spacial score (nSPS) is 11.4. The van der Waals surface area contributed by atoms with Crippen LogP contribution in [0.25, 0.3) is 0 Å². The minimum absolute atomic E-state index is 0.0834. The Morgan fingerprint density at radius 1 is 1.28 bits per heavy atom. The van der Waals surface area contributed by atoms with E-state index in [1.807, 2.05) is 20.8 Å². The van der Waals surface area contributed by atoms with Gasteiger partial charge in [0.05, 0.1) is 11.3 Å². The van der Waals surface area contributed by atoms with Gasteiger partial charge in [0.1, 0.15) is 0 Å². The number of carboxylic acids is 1. The van der Waals surface area contributed by atoms with Crippen molar-refractivity contribution in [3.8, 4) is 0 Å². The summed E-state index contributed by atoms with van der Waals surface area (Å²) in [6, 6.07) is 4.89. The minimum atomic E-state index is -1.07. The number of hydrogen-bond acceptors (Lipinski definition) is 5. The zero-order valence-corrected chi connectivity index (χ0v) is 14.9. The standard InChI is InChI=1S/C18H23N3O4/c1-11-8-9-13(12(10-11)16(23)24)19-14(22)6-5-7-15-20-17(21-25-15)18(2,3)4/h8-10H,5-7H2,1-4H3,(H,19,22)(H,23,24). The van der Waals surface area contributed by atoms with Gasteiger partial charge in [0.15, 0.2) is 5.82 Å². The van der Waals surface area contributed by atoms with E-state index in [0.717, 1.165) is 5.56 Å². The number of amides is 1. The number of carbonyl (C=O) groups is 2. The van der Waals surface area contributed by atoms with Gasteiger partial charge in [-0.25, -0.2) is 4.79 Å². The second kappa shape index (κ2) is 7.46. The Hall–Kier alpha value is -2.70. The summed E-state index contributed by atoms with van der Waals surface area (Å²) < 4.78 is 5.18. The molecule has 0 spiro atoms. The van der Waals surface area contributed by atoms with Crippen LogP contribution in [-0.4, -0.2) is 27.1 Å². The predicted molar refractivity (Wildman–Crippen MR) is 92.7 cm³/mol. The average Bonchev–Trinajstić information content (AvgIpc) is 2.98. The van der Waals surface area contributed by atoms with Crippen molar-refractivity contribution in [1.29, 1.82) is 0 Å². The number of aryl methyl sites for hydroxylation is 2. The number of carboxylic acid groups (broad SMARTS) is 1. The smallest absolute Gasteiger partial charge is 0.337 e. The minimum Gasteiger partial charge on any atom is -0.478 e. The Balaban J connectivity index is 1.89. The predicted octanol–water partition coefficient (Wildman–Crippen LogP) is 3.34. The van der Waals surface area contributed by atoms with Gasteiger partial charge in [0.2, 0.25) is 11.8 Å². The summed E-state index contributed by atoms with van der Waals surface area (Å²) in [5.74, 6) is -0.182. The molecule has 0 radical (unpaired) electrons. The first-order chi connectivity index (χ1) is 11.7. The third kappa shape index (κ3) is 5.14. The molecule has 0 unspecified atom stereocenters. The van der Waals surface area contributed by atoms with Gasteiger partial charge in [-0.2, -0.15) is 4.98 Å². The fourth-order valence-corrected chi connectivity index (χ4v) is 2.22. The second-order valence-corrected chi connectivity index (χ2v) is 7.02. The summed E-state index contributed by atoms with van der Waals surface area (Å²) in [6.45, 7) is 7.79. The maximum absolute atomic E-state index is 12.1. The van der Waals surface area contributed by atoms with Gasteiger partial charge in [-0.1, -0.05) is 37.6 Å². The van der Waals surface area contributed by atoms with Crippen molar-refractivity contribution in [2.24, 2.45) is 0 Å². The van der Waals surface area contributed by atoms with E-state index in [9.17, 15) is 14.7 Å². The van der Waals surface area contributed by atoms with Crippen LogP contribution in [-0.2, 0) is 16.6 Å². The van der Waals surface area contributed by atoms with E-state index in [1.54, 1.807) is 19.1 Å². The largest absolute Gasteiger partial charge is 0.478 e. The van der Waals surface area contributed by atoms with Gasteiger partial charge in [0.25, 0.3) is 0 Å². The van der Waals surface area contributed by atoms with E-state index in [-0.39, 0.29) is 23.3 Å². The summed E-state index contributed by atoms with van der Waals surface area (Å²) >= 11 is 0. The molecular weight excluding hydrogens is 322 g/mol. The highest BCUT2D eigenvalue weighted by molar-refractivity contribution is 6.00. The van der Waals surface area contributed by atoms with Crippen LogP contribution >= 0.6 is 0 Å². The van der Waals surface area contributed by atoms with Crippen LogP contribution in [0.4, 0.5) is 5.69 Å². The first-order valence-corrected chi connectivity index (χ1v) is 8.13. The first kappa shape index (κ1) is 18.6. The Labute approximate surface area is 146 Å². The van der Waals surface area contributed by atoms with Gasteiger partial charge in [0, 0.05) is 18.3 Å². The van der Waals surface area contributed by atoms with E-state index in [1.165, 1.54) is 6.07 Å². The molecule has 1 aromatic carbocycles. The van der Waals surface area contributed by atoms with Crippen molar-refractivity contribution in [3.05, 3.63) is 41.0 Å². The molecule has 2 aromatic rings. The molecule has 1 aromatic heterocycles. The third-order valence-electron chi connectivity index (χ3n) is 3.61. The molecule has 2 rings (SSSR count). The Kier molecular flexibility index (Phi) is 5.56. The van der Waals surface area contributed by atoms with Crippen LogP contribution in [0.3, 0.4) is 0 Å². The number of carbonyl (C=O) groups excluding carboxylic acids is 1. The van der Waals surface area contributed by atoms with Crippen LogP contribution < -0.4 is 5.32 Å². The van der Waals surface area contributed by atoms with Gasteiger partial charge < -0.3 is 14.9 Å². The van der Waals surface area contributed by atoms with Crippen molar-refractivity contribution in [2.45, 2.75) is 52.4 Å². The Morgan fingerprint density at radius 3 is 2.60 bits per heavy atom. The summed E-state index contributed by atoms with van der Waals surface area (Å²) in [5, 5.41) is 15.8. The van der Waals surface area contributed by atoms with Crippen molar-refractivity contribution in [1.82, 2.24) is 10.1 Å². The van der Waals surface area contributed by atoms with Crippen LogP contribution in [0.2, 0.25) is 0 Å². The zero-order chi connectivity index (χ0) is 18.6. The third-order valence-corrected chi connectivity index (χ3v) is 3.61. The van der Waals surface area contributed by atoms with Gasteiger partial charge in [-0.3, -0.25) is 4.79 Å². The molecule has 0 aliphatic heterocycles.